The van der Waals surface area contributed by atoms with Gasteiger partial charge in [0.15, 0.2) is 11.5 Å². The topological polar surface area (TPSA) is 56.8 Å². The SMILES string of the molecule is COc1cc(CC(=O)NC(C)c2ccc(CC(C)C)cc2)cc(OC)c1OC. The molecule has 1 atom stereocenters. The quantitative estimate of drug-likeness (QED) is 0.698. The van der Waals surface area contributed by atoms with Crippen LogP contribution in [-0.4, -0.2) is 27.2 Å². The predicted molar refractivity (Wildman–Crippen MR) is 111 cm³/mol. The molecule has 2 aromatic carbocycles. The zero-order chi connectivity index (χ0) is 20.7. The Bertz CT molecular complexity index is 759. The van der Waals surface area contributed by atoms with Crippen molar-refractivity contribution in [3.63, 3.8) is 0 Å². The number of nitrogens with one attached hydrogen (secondary N) is 1. The lowest BCUT2D eigenvalue weighted by atomic mass is 10.00. The highest BCUT2D eigenvalue weighted by molar-refractivity contribution is 5.79. The average molecular weight is 386 g/mol. The second-order valence-corrected chi connectivity index (χ2v) is 7.34. The van der Waals surface area contributed by atoms with Gasteiger partial charge in [-0.25, -0.2) is 0 Å². The van der Waals surface area contributed by atoms with Gasteiger partial charge in [0.1, 0.15) is 0 Å². The van der Waals surface area contributed by atoms with E-state index in [1.807, 2.05) is 6.92 Å². The van der Waals surface area contributed by atoms with Gasteiger partial charge in [-0.3, -0.25) is 4.79 Å². The third-order valence-corrected chi connectivity index (χ3v) is 4.59. The van der Waals surface area contributed by atoms with E-state index in [1.54, 1.807) is 33.5 Å². The summed E-state index contributed by atoms with van der Waals surface area (Å²) in [5.74, 6) is 2.16. The summed E-state index contributed by atoms with van der Waals surface area (Å²) >= 11 is 0. The fourth-order valence-electron chi connectivity index (χ4n) is 3.21. The number of amides is 1. The van der Waals surface area contributed by atoms with E-state index >= 15 is 0 Å². The minimum atomic E-state index is -0.0670. The molecule has 28 heavy (non-hydrogen) atoms. The Morgan fingerprint density at radius 1 is 0.893 bits per heavy atom. The van der Waals surface area contributed by atoms with Crippen LogP contribution in [0.15, 0.2) is 36.4 Å². The van der Waals surface area contributed by atoms with Crippen LogP contribution in [0.5, 0.6) is 17.2 Å². The lowest BCUT2D eigenvalue weighted by Gasteiger charge is -2.17. The Hall–Kier alpha value is -2.69. The van der Waals surface area contributed by atoms with Crippen molar-refractivity contribution in [1.82, 2.24) is 5.32 Å². The average Bonchev–Trinajstić information content (AvgIpc) is 2.66. The molecule has 5 nitrogen and oxygen atoms in total. The summed E-state index contributed by atoms with van der Waals surface area (Å²) < 4.78 is 16.0. The molecule has 2 rings (SSSR count). The summed E-state index contributed by atoms with van der Waals surface area (Å²) in [5.41, 5.74) is 3.20. The van der Waals surface area contributed by atoms with E-state index in [1.165, 1.54) is 5.56 Å². The highest BCUT2D eigenvalue weighted by Gasteiger charge is 2.16. The maximum absolute atomic E-state index is 12.5. The molecule has 0 aliphatic heterocycles. The Balaban J connectivity index is 2.05. The fraction of sp³-hybridized carbons (Fsp3) is 0.435. The largest absolute Gasteiger partial charge is 0.493 e. The standard InChI is InChI=1S/C23H31NO4/c1-15(2)11-17-7-9-19(10-8-17)16(3)24-22(25)14-18-12-20(26-4)23(28-6)21(13-18)27-5/h7-10,12-13,15-16H,11,14H2,1-6H3,(H,24,25). The lowest BCUT2D eigenvalue weighted by molar-refractivity contribution is -0.121. The van der Waals surface area contributed by atoms with E-state index in [4.69, 9.17) is 14.2 Å². The van der Waals surface area contributed by atoms with E-state index in [0.717, 1.165) is 17.5 Å². The number of ether oxygens (including phenoxy) is 3. The third-order valence-electron chi connectivity index (χ3n) is 4.59. The van der Waals surface area contributed by atoms with Gasteiger partial charge < -0.3 is 19.5 Å². The molecular weight excluding hydrogens is 354 g/mol. The molecule has 1 N–H and O–H groups in total. The highest BCUT2D eigenvalue weighted by Crippen LogP contribution is 2.38. The summed E-state index contributed by atoms with van der Waals surface area (Å²) in [4.78, 5) is 12.5. The first kappa shape index (κ1) is 21.6. The van der Waals surface area contributed by atoms with Crippen LogP contribution in [-0.2, 0) is 17.6 Å². The number of carbonyl (C=O) groups is 1. The second kappa shape index (κ2) is 10.0. The molecule has 0 fully saturated rings. The van der Waals surface area contributed by atoms with Gasteiger partial charge in [0.25, 0.3) is 0 Å². The smallest absolute Gasteiger partial charge is 0.224 e. The first-order chi connectivity index (χ1) is 13.4. The fourth-order valence-corrected chi connectivity index (χ4v) is 3.21. The molecule has 2 aromatic rings. The van der Waals surface area contributed by atoms with E-state index < -0.39 is 0 Å². The van der Waals surface area contributed by atoms with Crippen LogP contribution in [0.3, 0.4) is 0 Å². The molecule has 0 aliphatic carbocycles. The molecule has 0 aliphatic rings. The molecule has 0 heterocycles. The van der Waals surface area contributed by atoms with Crippen LogP contribution in [0.25, 0.3) is 0 Å². The number of rotatable bonds is 9. The van der Waals surface area contributed by atoms with Crippen LogP contribution in [0, 0.1) is 5.92 Å². The first-order valence-electron chi connectivity index (χ1n) is 9.55. The van der Waals surface area contributed by atoms with Gasteiger partial charge in [-0.05, 0) is 48.1 Å². The van der Waals surface area contributed by atoms with Crippen molar-refractivity contribution in [2.45, 2.75) is 39.7 Å². The number of hydrogen-bond donors (Lipinski definition) is 1. The van der Waals surface area contributed by atoms with E-state index in [2.05, 4.69) is 43.4 Å². The van der Waals surface area contributed by atoms with Crippen LogP contribution in [0.1, 0.15) is 43.5 Å². The normalized spacial score (nSPS) is 11.8. The maximum atomic E-state index is 12.5. The van der Waals surface area contributed by atoms with Crippen LogP contribution < -0.4 is 19.5 Å². The number of methoxy groups -OCH3 is 3. The van der Waals surface area contributed by atoms with Crippen LogP contribution >= 0.6 is 0 Å². The first-order valence-corrected chi connectivity index (χ1v) is 9.55. The summed E-state index contributed by atoms with van der Waals surface area (Å²) in [7, 11) is 4.68. The molecule has 0 saturated heterocycles. The molecule has 1 unspecified atom stereocenters. The number of hydrogen-bond acceptors (Lipinski definition) is 4. The Morgan fingerprint density at radius 2 is 1.46 bits per heavy atom. The lowest BCUT2D eigenvalue weighted by Crippen LogP contribution is -2.28. The Labute approximate surface area is 168 Å². The van der Waals surface area contributed by atoms with E-state index in [9.17, 15) is 4.79 Å². The van der Waals surface area contributed by atoms with Gasteiger partial charge in [0.05, 0.1) is 33.8 Å². The van der Waals surface area contributed by atoms with Crippen molar-refractivity contribution in [3.05, 3.63) is 53.1 Å². The van der Waals surface area contributed by atoms with Gasteiger partial charge in [0.2, 0.25) is 11.7 Å². The van der Waals surface area contributed by atoms with E-state index in [0.29, 0.717) is 23.2 Å². The molecule has 152 valence electrons. The third kappa shape index (κ3) is 5.65. The molecule has 0 bridgehead atoms. The molecule has 1 amide bonds. The van der Waals surface area contributed by atoms with Gasteiger partial charge >= 0.3 is 0 Å². The van der Waals surface area contributed by atoms with Crippen molar-refractivity contribution >= 4 is 5.91 Å². The molecule has 5 heteroatoms. The summed E-state index contributed by atoms with van der Waals surface area (Å²) in [6.07, 6.45) is 1.29. The minimum Gasteiger partial charge on any atom is -0.493 e. The van der Waals surface area contributed by atoms with Gasteiger partial charge in [-0.2, -0.15) is 0 Å². The molecular formula is C23H31NO4. The Morgan fingerprint density at radius 3 is 1.93 bits per heavy atom. The van der Waals surface area contributed by atoms with Gasteiger partial charge in [-0.1, -0.05) is 38.1 Å². The monoisotopic (exact) mass is 385 g/mol. The highest BCUT2D eigenvalue weighted by atomic mass is 16.5. The zero-order valence-electron chi connectivity index (χ0n) is 17.7. The van der Waals surface area contributed by atoms with Gasteiger partial charge in [0, 0.05) is 0 Å². The molecule has 0 aromatic heterocycles. The minimum absolute atomic E-state index is 0.0620. The van der Waals surface area contributed by atoms with Crippen LogP contribution in [0.2, 0.25) is 0 Å². The van der Waals surface area contributed by atoms with E-state index in [-0.39, 0.29) is 18.4 Å². The van der Waals surface area contributed by atoms with Crippen molar-refractivity contribution < 1.29 is 19.0 Å². The molecule has 0 radical (unpaired) electrons. The van der Waals surface area contributed by atoms with Crippen molar-refractivity contribution in [2.75, 3.05) is 21.3 Å². The molecule has 0 saturated carbocycles. The summed E-state index contributed by atoms with van der Waals surface area (Å²) in [5, 5.41) is 3.06. The second-order valence-electron chi connectivity index (χ2n) is 7.34. The predicted octanol–water partition coefficient (Wildman–Crippen LogP) is 4.33. The van der Waals surface area contributed by atoms with Crippen molar-refractivity contribution in [1.29, 1.82) is 0 Å². The summed E-state index contributed by atoms with van der Waals surface area (Å²) in [6, 6.07) is 12.0. The summed E-state index contributed by atoms with van der Waals surface area (Å²) in [6.45, 7) is 6.41. The number of carbonyl (C=O) groups excluding carboxylic acids is 1. The van der Waals surface area contributed by atoms with Gasteiger partial charge in [-0.15, -0.1) is 0 Å². The Kier molecular flexibility index (Phi) is 7.73. The van der Waals surface area contributed by atoms with Crippen LogP contribution in [0.4, 0.5) is 0 Å². The van der Waals surface area contributed by atoms with Crippen molar-refractivity contribution in [3.8, 4) is 17.2 Å². The van der Waals surface area contributed by atoms with Crippen molar-refractivity contribution in [2.24, 2.45) is 5.92 Å². The number of benzene rings is 2. The molecule has 0 spiro atoms. The zero-order valence-corrected chi connectivity index (χ0v) is 17.7. The maximum Gasteiger partial charge on any atom is 0.224 e.